The smallest absolute Gasteiger partial charge is 0.311 e. The van der Waals surface area contributed by atoms with Gasteiger partial charge in [-0.15, -0.1) is 0 Å². The van der Waals surface area contributed by atoms with Crippen LogP contribution < -0.4 is 9.47 Å². The SMILES string of the molecule is CCCCCc1cccc(OC(=O)CCC(C)C)c1OC(=O)CCC(C)C. The number of hydrogen-bond donors (Lipinski definition) is 0. The number of ether oxygens (including phenoxy) is 2. The summed E-state index contributed by atoms with van der Waals surface area (Å²) in [5.41, 5.74) is 0.926. The summed E-state index contributed by atoms with van der Waals surface area (Å²) in [6, 6.07) is 5.52. The van der Waals surface area contributed by atoms with Crippen molar-refractivity contribution in [3.05, 3.63) is 23.8 Å². The first-order chi connectivity index (χ1) is 12.8. The Balaban J connectivity index is 2.93. The van der Waals surface area contributed by atoms with Crippen LogP contribution in [-0.4, -0.2) is 11.9 Å². The number of hydrogen-bond acceptors (Lipinski definition) is 4. The van der Waals surface area contributed by atoms with Gasteiger partial charge in [-0.1, -0.05) is 59.6 Å². The first kappa shape index (κ1) is 23.2. The minimum Gasteiger partial charge on any atom is -0.423 e. The highest BCUT2D eigenvalue weighted by Gasteiger charge is 2.18. The molecule has 1 aromatic rings. The monoisotopic (exact) mass is 376 g/mol. The molecule has 4 heteroatoms. The highest BCUT2D eigenvalue weighted by Crippen LogP contribution is 2.33. The average molecular weight is 377 g/mol. The molecule has 0 aromatic heterocycles. The molecule has 0 saturated carbocycles. The van der Waals surface area contributed by atoms with Crippen LogP contribution in [0.25, 0.3) is 0 Å². The Morgan fingerprint density at radius 3 is 2.04 bits per heavy atom. The normalized spacial score (nSPS) is 11.1. The largest absolute Gasteiger partial charge is 0.423 e. The van der Waals surface area contributed by atoms with Gasteiger partial charge in [0.15, 0.2) is 11.5 Å². The number of para-hydroxylation sites is 1. The van der Waals surface area contributed by atoms with Crippen LogP contribution in [0.15, 0.2) is 18.2 Å². The van der Waals surface area contributed by atoms with Gasteiger partial charge in [0, 0.05) is 12.8 Å². The zero-order valence-corrected chi connectivity index (χ0v) is 17.7. The Labute approximate surface area is 164 Å². The molecule has 0 saturated heterocycles. The van der Waals surface area contributed by atoms with Crippen molar-refractivity contribution in [3.63, 3.8) is 0 Å². The third-order valence-electron chi connectivity index (χ3n) is 4.40. The molecule has 1 rings (SSSR count). The van der Waals surface area contributed by atoms with Crippen molar-refractivity contribution in [1.82, 2.24) is 0 Å². The van der Waals surface area contributed by atoms with E-state index in [9.17, 15) is 9.59 Å². The fraction of sp³-hybridized carbons (Fsp3) is 0.652. The molecule has 0 N–H and O–H groups in total. The first-order valence-corrected chi connectivity index (χ1v) is 10.4. The van der Waals surface area contributed by atoms with Gasteiger partial charge >= 0.3 is 11.9 Å². The Hall–Kier alpha value is -1.84. The topological polar surface area (TPSA) is 52.6 Å². The van der Waals surface area contributed by atoms with Gasteiger partial charge in [0.25, 0.3) is 0 Å². The molecule has 4 nitrogen and oxygen atoms in total. The number of rotatable bonds is 12. The summed E-state index contributed by atoms with van der Waals surface area (Å²) in [6.45, 7) is 10.5. The van der Waals surface area contributed by atoms with Gasteiger partial charge in [0.1, 0.15) is 0 Å². The van der Waals surface area contributed by atoms with E-state index in [0.29, 0.717) is 36.2 Å². The summed E-state index contributed by atoms with van der Waals surface area (Å²) < 4.78 is 11.2. The van der Waals surface area contributed by atoms with E-state index in [2.05, 4.69) is 34.6 Å². The number of carbonyl (C=O) groups is 2. The Bertz CT molecular complexity index is 590. The molecule has 0 aliphatic heterocycles. The molecule has 0 heterocycles. The standard InChI is InChI=1S/C23H36O4/c1-6-7-8-10-19-11-9-12-20(26-21(24)15-13-17(2)3)23(19)27-22(25)16-14-18(4)5/h9,11-12,17-18H,6-8,10,13-16H2,1-5H3. The van der Waals surface area contributed by atoms with Crippen molar-refractivity contribution in [1.29, 1.82) is 0 Å². The van der Waals surface area contributed by atoms with Crippen LogP contribution in [-0.2, 0) is 16.0 Å². The van der Waals surface area contributed by atoms with Crippen molar-refractivity contribution in [2.24, 2.45) is 11.8 Å². The third kappa shape index (κ3) is 9.60. The van der Waals surface area contributed by atoms with E-state index < -0.39 is 0 Å². The van der Waals surface area contributed by atoms with Gasteiger partial charge in [-0.2, -0.15) is 0 Å². The summed E-state index contributed by atoms with van der Waals surface area (Å²) in [7, 11) is 0. The van der Waals surface area contributed by atoms with Crippen molar-refractivity contribution in [2.45, 2.75) is 86.0 Å². The van der Waals surface area contributed by atoms with E-state index in [-0.39, 0.29) is 11.9 Å². The molecule has 0 radical (unpaired) electrons. The molecular weight excluding hydrogens is 340 g/mol. The maximum absolute atomic E-state index is 12.3. The Morgan fingerprint density at radius 1 is 0.889 bits per heavy atom. The molecular formula is C23H36O4. The van der Waals surface area contributed by atoms with Crippen LogP contribution in [0.2, 0.25) is 0 Å². The second kappa shape index (κ2) is 12.5. The maximum Gasteiger partial charge on any atom is 0.311 e. The van der Waals surface area contributed by atoms with Crippen molar-refractivity contribution in [3.8, 4) is 11.5 Å². The average Bonchev–Trinajstić information content (AvgIpc) is 2.60. The molecule has 1 aromatic carbocycles. The summed E-state index contributed by atoms with van der Waals surface area (Å²) in [5.74, 6) is 1.09. The zero-order chi connectivity index (χ0) is 20.2. The number of benzene rings is 1. The fourth-order valence-corrected chi connectivity index (χ4v) is 2.67. The summed E-state index contributed by atoms with van der Waals surface area (Å²) in [4.78, 5) is 24.5. The van der Waals surface area contributed by atoms with Gasteiger partial charge in [-0.05, 0) is 49.1 Å². The predicted octanol–water partition coefficient (Wildman–Crippen LogP) is 6.10. The van der Waals surface area contributed by atoms with Gasteiger partial charge in [-0.25, -0.2) is 0 Å². The third-order valence-corrected chi connectivity index (χ3v) is 4.40. The van der Waals surface area contributed by atoms with Gasteiger partial charge in [-0.3, -0.25) is 9.59 Å². The molecule has 0 aliphatic rings. The molecule has 27 heavy (non-hydrogen) atoms. The number of esters is 2. The predicted molar refractivity (Wildman–Crippen MR) is 109 cm³/mol. The van der Waals surface area contributed by atoms with E-state index in [1.165, 1.54) is 0 Å². The lowest BCUT2D eigenvalue weighted by atomic mass is 10.1. The number of carbonyl (C=O) groups excluding carboxylic acids is 2. The fourth-order valence-electron chi connectivity index (χ4n) is 2.67. The second-order valence-corrected chi connectivity index (χ2v) is 8.01. The minimum absolute atomic E-state index is 0.272. The molecule has 152 valence electrons. The highest BCUT2D eigenvalue weighted by atomic mass is 16.6. The van der Waals surface area contributed by atoms with Crippen molar-refractivity contribution < 1.29 is 19.1 Å². The van der Waals surface area contributed by atoms with Crippen molar-refractivity contribution in [2.75, 3.05) is 0 Å². The van der Waals surface area contributed by atoms with Crippen LogP contribution in [0, 0.1) is 11.8 Å². The van der Waals surface area contributed by atoms with E-state index in [0.717, 1.165) is 44.1 Å². The van der Waals surface area contributed by atoms with Crippen LogP contribution in [0.4, 0.5) is 0 Å². The second-order valence-electron chi connectivity index (χ2n) is 8.01. The van der Waals surface area contributed by atoms with Crippen LogP contribution in [0.1, 0.15) is 85.1 Å². The summed E-state index contributed by atoms with van der Waals surface area (Å²) in [5, 5.41) is 0. The quantitative estimate of drug-likeness (QED) is 0.251. The van der Waals surface area contributed by atoms with Crippen LogP contribution in [0.3, 0.4) is 0 Å². The van der Waals surface area contributed by atoms with Crippen molar-refractivity contribution >= 4 is 11.9 Å². The summed E-state index contributed by atoms with van der Waals surface area (Å²) >= 11 is 0. The molecule has 0 unspecified atom stereocenters. The van der Waals surface area contributed by atoms with E-state index >= 15 is 0 Å². The lowest BCUT2D eigenvalue weighted by Crippen LogP contribution is -2.14. The first-order valence-electron chi connectivity index (χ1n) is 10.4. The van der Waals surface area contributed by atoms with Gasteiger partial charge < -0.3 is 9.47 Å². The maximum atomic E-state index is 12.3. The minimum atomic E-state index is -0.283. The van der Waals surface area contributed by atoms with Gasteiger partial charge in [0.2, 0.25) is 0 Å². The molecule has 0 bridgehead atoms. The van der Waals surface area contributed by atoms with Crippen LogP contribution in [0.5, 0.6) is 11.5 Å². The summed E-state index contributed by atoms with van der Waals surface area (Å²) in [6.07, 6.45) is 6.32. The Morgan fingerprint density at radius 2 is 1.48 bits per heavy atom. The van der Waals surface area contributed by atoms with E-state index in [1.807, 2.05) is 12.1 Å². The lowest BCUT2D eigenvalue weighted by molar-refractivity contribution is -0.137. The zero-order valence-electron chi connectivity index (χ0n) is 17.7. The highest BCUT2D eigenvalue weighted by molar-refractivity contribution is 5.76. The lowest BCUT2D eigenvalue weighted by Gasteiger charge is -2.15. The Kier molecular flexibility index (Phi) is 10.8. The number of unbranched alkanes of at least 4 members (excludes halogenated alkanes) is 2. The van der Waals surface area contributed by atoms with E-state index in [1.54, 1.807) is 6.07 Å². The molecule has 0 spiro atoms. The molecule has 0 amide bonds. The van der Waals surface area contributed by atoms with E-state index in [4.69, 9.17) is 9.47 Å². The van der Waals surface area contributed by atoms with Gasteiger partial charge in [0.05, 0.1) is 0 Å². The molecule has 0 aliphatic carbocycles. The number of aryl methyl sites for hydroxylation is 1. The molecule has 0 fully saturated rings. The molecule has 0 atom stereocenters. The van der Waals surface area contributed by atoms with Crippen LogP contribution >= 0.6 is 0 Å².